The Morgan fingerprint density at radius 3 is 2.68 bits per heavy atom. The third kappa shape index (κ3) is 3.95. The molecule has 0 unspecified atom stereocenters. The molecule has 0 radical (unpaired) electrons. The first-order valence-electron chi connectivity index (χ1n) is 5.73. The normalized spacial score (nSPS) is 10.3. The van der Waals surface area contributed by atoms with Gasteiger partial charge < -0.3 is 10.1 Å². The highest BCUT2D eigenvalue weighted by molar-refractivity contribution is 14.1. The van der Waals surface area contributed by atoms with Crippen molar-refractivity contribution in [3.8, 4) is 5.75 Å². The van der Waals surface area contributed by atoms with Crippen molar-refractivity contribution in [3.63, 3.8) is 0 Å². The Morgan fingerprint density at radius 2 is 2.11 bits per heavy atom. The zero-order valence-corrected chi connectivity index (χ0v) is 12.8. The zero-order chi connectivity index (χ0) is 13.8. The molecular weight excluding hydrogens is 357 g/mol. The minimum Gasteiger partial charge on any atom is -0.484 e. The quantitative estimate of drug-likeness (QED) is 0.840. The van der Waals surface area contributed by atoms with Crippen LogP contribution in [0.25, 0.3) is 0 Å². The van der Waals surface area contributed by atoms with Crippen molar-refractivity contribution < 1.29 is 9.53 Å². The van der Waals surface area contributed by atoms with E-state index in [1.54, 1.807) is 11.7 Å². The molecule has 6 heteroatoms. The second kappa shape index (κ2) is 6.05. The molecule has 0 spiro atoms. The minimum atomic E-state index is -0.207. The highest BCUT2D eigenvalue weighted by Crippen LogP contribution is 2.13. The summed E-state index contributed by atoms with van der Waals surface area (Å²) in [5.41, 5.74) is 0.858. The smallest absolute Gasteiger partial charge is 0.263 e. The Morgan fingerprint density at radius 1 is 1.42 bits per heavy atom. The number of hydrogen-bond donors (Lipinski definition) is 1. The number of benzene rings is 1. The van der Waals surface area contributed by atoms with Crippen LogP contribution >= 0.6 is 22.6 Å². The van der Waals surface area contributed by atoms with Crippen LogP contribution in [0, 0.1) is 10.5 Å². The Hall–Kier alpha value is -1.57. The highest BCUT2D eigenvalue weighted by Gasteiger charge is 2.07. The molecule has 0 saturated heterocycles. The van der Waals surface area contributed by atoms with Crippen molar-refractivity contribution in [1.82, 2.24) is 9.78 Å². The average molecular weight is 371 g/mol. The van der Waals surface area contributed by atoms with Crippen molar-refractivity contribution in [3.05, 3.63) is 39.6 Å². The predicted octanol–water partition coefficient (Wildman–Crippen LogP) is 2.35. The Labute approximate surface area is 125 Å². The highest BCUT2D eigenvalue weighted by atomic mass is 127. The van der Waals surface area contributed by atoms with E-state index in [-0.39, 0.29) is 12.5 Å². The van der Waals surface area contributed by atoms with Crippen LogP contribution in [0.1, 0.15) is 5.69 Å². The van der Waals surface area contributed by atoms with Gasteiger partial charge in [0.15, 0.2) is 6.61 Å². The van der Waals surface area contributed by atoms with Crippen LogP contribution in [-0.2, 0) is 11.8 Å². The van der Waals surface area contributed by atoms with E-state index in [2.05, 4.69) is 33.0 Å². The number of rotatable bonds is 4. The molecule has 19 heavy (non-hydrogen) atoms. The lowest BCUT2D eigenvalue weighted by Gasteiger charge is -2.07. The molecule has 0 aliphatic rings. The number of carbonyl (C=O) groups is 1. The molecule has 1 heterocycles. The Kier molecular flexibility index (Phi) is 4.41. The number of hydrogen-bond acceptors (Lipinski definition) is 3. The van der Waals surface area contributed by atoms with Gasteiger partial charge in [-0.3, -0.25) is 9.48 Å². The van der Waals surface area contributed by atoms with Gasteiger partial charge in [0.2, 0.25) is 0 Å². The third-order valence-corrected chi connectivity index (χ3v) is 3.17. The van der Waals surface area contributed by atoms with E-state index in [0.717, 1.165) is 9.26 Å². The largest absolute Gasteiger partial charge is 0.484 e. The molecular formula is C13H14IN3O2. The van der Waals surface area contributed by atoms with Gasteiger partial charge >= 0.3 is 0 Å². The van der Waals surface area contributed by atoms with Gasteiger partial charge in [0.05, 0.1) is 5.69 Å². The van der Waals surface area contributed by atoms with Crippen LogP contribution in [0.3, 0.4) is 0 Å². The fourth-order valence-electron chi connectivity index (χ4n) is 1.59. The van der Waals surface area contributed by atoms with E-state index >= 15 is 0 Å². The van der Waals surface area contributed by atoms with Gasteiger partial charge in [0.1, 0.15) is 11.6 Å². The van der Waals surface area contributed by atoms with E-state index in [1.165, 1.54) is 0 Å². The maximum Gasteiger partial charge on any atom is 0.263 e. The topological polar surface area (TPSA) is 56.1 Å². The van der Waals surface area contributed by atoms with E-state index in [1.807, 2.05) is 37.3 Å². The third-order valence-electron chi connectivity index (χ3n) is 2.45. The molecule has 100 valence electrons. The van der Waals surface area contributed by atoms with E-state index in [9.17, 15) is 4.79 Å². The number of anilines is 1. The minimum absolute atomic E-state index is 0.0230. The summed E-state index contributed by atoms with van der Waals surface area (Å²) in [6.45, 7) is 1.85. The molecule has 0 bridgehead atoms. The number of nitrogens with one attached hydrogen (secondary N) is 1. The van der Waals surface area contributed by atoms with Gasteiger partial charge in [-0.05, 0) is 53.8 Å². The molecule has 2 rings (SSSR count). The number of carbonyl (C=O) groups excluding carboxylic acids is 1. The Balaban J connectivity index is 1.88. The fraction of sp³-hybridized carbons (Fsp3) is 0.231. The molecule has 2 aromatic rings. The van der Waals surface area contributed by atoms with Gasteiger partial charge in [-0.15, -0.1) is 0 Å². The zero-order valence-electron chi connectivity index (χ0n) is 10.7. The summed E-state index contributed by atoms with van der Waals surface area (Å²) in [5.74, 6) is 1.13. The molecule has 0 atom stereocenters. The number of aryl methyl sites for hydroxylation is 2. The standard InChI is InChI=1S/C13H14IN3O2/c1-9-7-12(17(2)16-9)15-13(18)8-19-11-5-3-10(14)4-6-11/h3-7H,8H2,1-2H3,(H,15,18). The lowest BCUT2D eigenvalue weighted by Crippen LogP contribution is -2.21. The van der Waals surface area contributed by atoms with Gasteiger partial charge in [-0.2, -0.15) is 5.10 Å². The Bertz CT molecular complexity index is 578. The van der Waals surface area contributed by atoms with E-state index in [4.69, 9.17) is 4.74 Å². The van der Waals surface area contributed by atoms with Crippen LogP contribution < -0.4 is 10.1 Å². The van der Waals surface area contributed by atoms with E-state index in [0.29, 0.717) is 11.6 Å². The summed E-state index contributed by atoms with van der Waals surface area (Å²) in [6.07, 6.45) is 0. The molecule has 0 fully saturated rings. The maximum atomic E-state index is 11.7. The molecule has 0 saturated carbocycles. The van der Waals surface area contributed by atoms with Crippen molar-refractivity contribution in [1.29, 1.82) is 0 Å². The SMILES string of the molecule is Cc1cc(NC(=O)COc2ccc(I)cc2)n(C)n1. The number of amides is 1. The summed E-state index contributed by atoms with van der Waals surface area (Å²) in [6, 6.07) is 9.34. The van der Waals surface area contributed by atoms with Crippen LogP contribution in [0.5, 0.6) is 5.75 Å². The molecule has 1 aromatic carbocycles. The van der Waals surface area contributed by atoms with Gasteiger partial charge in [-0.1, -0.05) is 0 Å². The van der Waals surface area contributed by atoms with Crippen LogP contribution in [0.15, 0.2) is 30.3 Å². The lowest BCUT2D eigenvalue weighted by molar-refractivity contribution is -0.118. The van der Waals surface area contributed by atoms with Crippen molar-refractivity contribution >= 4 is 34.3 Å². The van der Waals surface area contributed by atoms with Crippen molar-refractivity contribution in [2.75, 3.05) is 11.9 Å². The number of halogens is 1. The first-order valence-corrected chi connectivity index (χ1v) is 6.81. The molecule has 0 aliphatic carbocycles. The number of ether oxygens (including phenoxy) is 1. The van der Waals surface area contributed by atoms with Gasteiger partial charge in [-0.25, -0.2) is 0 Å². The monoisotopic (exact) mass is 371 g/mol. The van der Waals surface area contributed by atoms with Crippen LogP contribution in [0.4, 0.5) is 5.82 Å². The molecule has 0 aliphatic heterocycles. The molecule has 1 aromatic heterocycles. The lowest BCUT2D eigenvalue weighted by atomic mass is 10.3. The van der Waals surface area contributed by atoms with Gasteiger partial charge in [0.25, 0.3) is 5.91 Å². The first-order chi connectivity index (χ1) is 9.04. The van der Waals surface area contributed by atoms with Crippen LogP contribution in [0.2, 0.25) is 0 Å². The first kappa shape index (κ1) is 13.9. The molecule has 5 nitrogen and oxygen atoms in total. The average Bonchev–Trinajstić information content (AvgIpc) is 2.67. The number of aromatic nitrogens is 2. The van der Waals surface area contributed by atoms with E-state index < -0.39 is 0 Å². The predicted molar refractivity (Wildman–Crippen MR) is 81.2 cm³/mol. The second-order valence-electron chi connectivity index (χ2n) is 4.09. The van der Waals surface area contributed by atoms with Crippen molar-refractivity contribution in [2.24, 2.45) is 7.05 Å². The maximum absolute atomic E-state index is 11.7. The van der Waals surface area contributed by atoms with Crippen molar-refractivity contribution in [2.45, 2.75) is 6.92 Å². The second-order valence-corrected chi connectivity index (χ2v) is 5.33. The summed E-state index contributed by atoms with van der Waals surface area (Å²) in [7, 11) is 1.78. The number of nitrogens with zero attached hydrogens (tertiary/aromatic N) is 2. The summed E-state index contributed by atoms with van der Waals surface area (Å²) in [4.78, 5) is 11.7. The molecule has 1 amide bonds. The molecule has 1 N–H and O–H groups in total. The van der Waals surface area contributed by atoms with Gasteiger partial charge in [0, 0.05) is 16.7 Å². The summed E-state index contributed by atoms with van der Waals surface area (Å²) in [5, 5.41) is 6.90. The fourth-order valence-corrected chi connectivity index (χ4v) is 1.95. The van der Waals surface area contributed by atoms with Crippen LogP contribution in [-0.4, -0.2) is 22.3 Å². The summed E-state index contributed by atoms with van der Waals surface area (Å²) >= 11 is 2.21. The summed E-state index contributed by atoms with van der Waals surface area (Å²) < 4.78 is 8.14.